The van der Waals surface area contributed by atoms with Crippen LogP contribution in [0, 0.1) is 6.92 Å². The Bertz CT molecular complexity index is 948. The van der Waals surface area contributed by atoms with E-state index in [1.165, 1.54) is 0 Å². The zero-order valence-corrected chi connectivity index (χ0v) is 12.0. The Morgan fingerprint density at radius 3 is 2.64 bits per heavy atom. The molecule has 0 bridgehead atoms. The SMILES string of the molecule is Cc1cn(-c2nccc3nc(-c4ccc(N)cc4)[nH]c23)cn1. The van der Waals surface area contributed by atoms with Crippen molar-refractivity contribution in [2.75, 3.05) is 5.73 Å². The maximum atomic E-state index is 5.73. The first-order chi connectivity index (χ1) is 10.7. The third kappa shape index (κ3) is 2.01. The Labute approximate surface area is 126 Å². The fourth-order valence-corrected chi connectivity index (χ4v) is 2.43. The number of H-pyrrole nitrogens is 1. The quantitative estimate of drug-likeness (QED) is 0.556. The van der Waals surface area contributed by atoms with Crippen LogP contribution in [0.1, 0.15) is 5.69 Å². The summed E-state index contributed by atoms with van der Waals surface area (Å²) in [7, 11) is 0. The van der Waals surface area contributed by atoms with Crippen LogP contribution in [0.15, 0.2) is 49.1 Å². The lowest BCUT2D eigenvalue weighted by molar-refractivity contribution is 1.00. The number of aromatic nitrogens is 5. The Morgan fingerprint density at radius 1 is 1.09 bits per heavy atom. The lowest BCUT2D eigenvalue weighted by Crippen LogP contribution is -1.95. The molecule has 0 aliphatic carbocycles. The molecule has 0 saturated carbocycles. The molecule has 0 aliphatic heterocycles. The monoisotopic (exact) mass is 290 g/mol. The van der Waals surface area contributed by atoms with Crippen molar-refractivity contribution in [2.45, 2.75) is 6.92 Å². The summed E-state index contributed by atoms with van der Waals surface area (Å²) >= 11 is 0. The molecule has 0 spiro atoms. The van der Waals surface area contributed by atoms with Crippen molar-refractivity contribution in [3.05, 3.63) is 54.7 Å². The van der Waals surface area contributed by atoms with E-state index in [1.54, 1.807) is 12.5 Å². The Hall–Kier alpha value is -3.15. The highest BCUT2D eigenvalue weighted by Gasteiger charge is 2.11. The lowest BCUT2D eigenvalue weighted by Gasteiger charge is -2.01. The van der Waals surface area contributed by atoms with Gasteiger partial charge in [-0.2, -0.15) is 0 Å². The lowest BCUT2D eigenvalue weighted by atomic mass is 10.2. The molecule has 0 amide bonds. The summed E-state index contributed by atoms with van der Waals surface area (Å²) in [6, 6.07) is 9.50. The number of imidazole rings is 2. The van der Waals surface area contributed by atoms with E-state index in [0.29, 0.717) is 0 Å². The van der Waals surface area contributed by atoms with Crippen molar-refractivity contribution in [1.82, 2.24) is 24.5 Å². The van der Waals surface area contributed by atoms with Crippen molar-refractivity contribution in [2.24, 2.45) is 0 Å². The molecule has 6 nitrogen and oxygen atoms in total. The maximum Gasteiger partial charge on any atom is 0.164 e. The van der Waals surface area contributed by atoms with Crippen LogP contribution in [-0.4, -0.2) is 24.5 Å². The molecule has 4 rings (SSSR count). The van der Waals surface area contributed by atoms with Crippen LogP contribution in [-0.2, 0) is 0 Å². The number of hydrogen-bond donors (Lipinski definition) is 2. The molecule has 108 valence electrons. The predicted octanol–water partition coefficient (Wildman–Crippen LogP) is 2.70. The summed E-state index contributed by atoms with van der Waals surface area (Å²) in [5, 5.41) is 0. The minimum Gasteiger partial charge on any atom is -0.399 e. The van der Waals surface area contributed by atoms with E-state index in [4.69, 9.17) is 5.73 Å². The predicted molar refractivity (Wildman–Crippen MR) is 85.6 cm³/mol. The number of nitrogens with one attached hydrogen (secondary N) is 1. The number of anilines is 1. The van der Waals surface area contributed by atoms with E-state index in [0.717, 1.165) is 39.6 Å². The van der Waals surface area contributed by atoms with Gasteiger partial charge in [-0.25, -0.2) is 15.0 Å². The van der Waals surface area contributed by atoms with Gasteiger partial charge in [-0.15, -0.1) is 0 Å². The number of aromatic amines is 1. The number of benzene rings is 1. The number of nitrogens with zero attached hydrogens (tertiary/aromatic N) is 4. The molecular formula is C16H14N6. The Kier molecular flexibility index (Phi) is 2.69. The highest BCUT2D eigenvalue weighted by Crippen LogP contribution is 2.24. The van der Waals surface area contributed by atoms with E-state index in [1.807, 2.05) is 48.0 Å². The molecule has 1 aromatic carbocycles. The molecule has 22 heavy (non-hydrogen) atoms. The third-order valence-electron chi connectivity index (χ3n) is 3.53. The molecule has 0 atom stereocenters. The first kappa shape index (κ1) is 12.6. The van der Waals surface area contributed by atoms with Crippen LogP contribution in [0.2, 0.25) is 0 Å². The minimum atomic E-state index is 0.733. The normalized spacial score (nSPS) is 11.1. The molecule has 0 radical (unpaired) electrons. The van der Waals surface area contributed by atoms with Gasteiger partial charge in [0.2, 0.25) is 0 Å². The maximum absolute atomic E-state index is 5.73. The second-order valence-electron chi connectivity index (χ2n) is 5.16. The van der Waals surface area contributed by atoms with Crippen LogP contribution in [0.25, 0.3) is 28.2 Å². The summed E-state index contributed by atoms with van der Waals surface area (Å²) in [5.74, 6) is 1.58. The summed E-state index contributed by atoms with van der Waals surface area (Å²) in [4.78, 5) is 16.7. The van der Waals surface area contributed by atoms with Crippen molar-refractivity contribution in [3.63, 3.8) is 0 Å². The molecule has 3 heterocycles. The first-order valence-electron chi connectivity index (χ1n) is 6.92. The van der Waals surface area contributed by atoms with Crippen molar-refractivity contribution in [3.8, 4) is 17.2 Å². The number of aryl methyl sites for hydroxylation is 1. The first-order valence-corrected chi connectivity index (χ1v) is 6.92. The second-order valence-corrected chi connectivity index (χ2v) is 5.16. The van der Waals surface area contributed by atoms with Gasteiger partial charge in [0.15, 0.2) is 5.82 Å². The molecule has 3 N–H and O–H groups in total. The number of pyridine rings is 1. The molecule has 0 unspecified atom stereocenters. The van der Waals surface area contributed by atoms with Crippen LogP contribution in [0.4, 0.5) is 5.69 Å². The van der Waals surface area contributed by atoms with Gasteiger partial charge in [-0.1, -0.05) is 0 Å². The van der Waals surface area contributed by atoms with Gasteiger partial charge in [0.25, 0.3) is 0 Å². The Morgan fingerprint density at radius 2 is 1.91 bits per heavy atom. The third-order valence-corrected chi connectivity index (χ3v) is 3.53. The van der Waals surface area contributed by atoms with Gasteiger partial charge in [0.1, 0.15) is 17.7 Å². The van der Waals surface area contributed by atoms with Gasteiger partial charge < -0.3 is 10.7 Å². The second kappa shape index (κ2) is 4.70. The topological polar surface area (TPSA) is 85.4 Å². The van der Waals surface area contributed by atoms with E-state index in [9.17, 15) is 0 Å². The summed E-state index contributed by atoms with van der Waals surface area (Å²) in [6.07, 6.45) is 5.44. The van der Waals surface area contributed by atoms with Crippen LogP contribution < -0.4 is 5.73 Å². The highest BCUT2D eigenvalue weighted by atomic mass is 15.1. The van der Waals surface area contributed by atoms with Gasteiger partial charge in [0.05, 0.1) is 11.2 Å². The number of nitrogens with two attached hydrogens (primary N) is 1. The standard InChI is InChI=1S/C16H14N6/c1-10-8-22(9-19-10)16-14-13(6-7-18-16)20-15(21-14)11-2-4-12(17)5-3-11/h2-9H,17H2,1H3,(H,20,21). The van der Waals surface area contributed by atoms with Gasteiger partial charge in [-0.05, 0) is 37.3 Å². The van der Waals surface area contributed by atoms with Crippen molar-refractivity contribution < 1.29 is 0 Å². The van der Waals surface area contributed by atoms with E-state index in [-0.39, 0.29) is 0 Å². The number of rotatable bonds is 2. The van der Waals surface area contributed by atoms with Crippen LogP contribution >= 0.6 is 0 Å². The smallest absolute Gasteiger partial charge is 0.164 e. The minimum absolute atomic E-state index is 0.733. The van der Waals surface area contributed by atoms with E-state index >= 15 is 0 Å². The number of nitrogen functional groups attached to an aromatic ring is 1. The molecule has 3 aromatic heterocycles. The molecular weight excluding hydrogens is 276 g/mol. The molecule has 6 heteroatoms. The zero-order chi connectivity index (χ0) is 15.1. The van der Waals surface area contributed by atoms with Gasteiger partial charge in [0, 0.05) is 23.6 Å². The van der Waals surface area contributed by atoms with Crippen molar-refractivity contribution >= 4 is 16.7 Å². The average molecular weight is 290 g/mol. The van der Waals surface area contributed by atoms with E-state index in [2.05, 4.69) is 19.9 Å². The van der Waals surface area contributed by atoms with Crippen LogP contribution in [0.5, 0.6) is 0 Å². The fraction of sp³-hybridized carbons (Fsp3) is 0.0625. The summed E-state index contributed by atoms with van der Waals surface area (Å²) < 4.78 is 1.89. The van der Waals surface area contributed by atoms with Crippen LogP contribution in [0.3, 0.4) is 0 Å². The molecule has 4 aromatic rings. The van der Waals surface area contributed by atoms with Gasteiger partial charge in [-0.3, -0.25) is 4.57 Å². The van der Waals surface area contributed by atoms with E-state index < -0.39 is 0 Å². The van der Waals surface area contributed by atoms with Gasteiger partial charge >= 0.3 is 0 Å². The number of fused-ring (bicyclic) bond motifs is 1. The fourth-order valence-electron chi connectivity index (χ4n) is 2.43. The molecule has 0 saturated heterocycles. The number of hydrogen-bond acceptors (Lipinski definition) is 4. The summed E-state index contributed by atoms with van der Waals surface area (Å²) in [6.45, 7) is 1.95. The largest absolute Gasteiger partial charge is 0.399 e. The highest BCUT2D eigenvalue weighted by molar-refractivity contribution is 5.85. The molecule has 0 aliphatic rings. The average Bonchev–Trinajstić information content (AvgIpc) is 3.13. The van der Waals surface area contributed by atoms with Crippen molar-refractivity contribution in [1.29, 1.82) is 0 Å². The molecule has 0 fully saturated rings. The zero-order valence-electron chi connectivity index (χ0n) is 12.0. The summed E-state index contributed by atoms with van der Waals surface area (Å²) in [5.41, 5.74) is 10.1. The Balaban J connectivity index is 1.89.